The Morgan fingerprint density at radius 1 is 1.53 bits per heavy atom. The van der Waals surface area contributed by atoms with Gasteiger partial charge in [-0.2, -0.15) is 0 Å². The average molecular weight is 280 g/mol. The van der Waals surface area contributed by atoms with E-state index in [1.54, 1.807) is 13.0 Å². The highest BCUT2D eigenvalue weighted by Gasteiger charge is 2.16. The summed E-state index contributed by atoms with van der Waals surface area (Å²) >= 11 is 6.05. The van der Waals surface area contributed by atoms with Gasteiger partial charge in [-0.1, -0.05) is 11.6 Å². The summed E-state index contributed by atoms with van der Waals surface area (Å²) in [7, 11) is 0. The lowest BCUT2D eigenvalue weighted by atomic mass is 10.1. The predicted molar refractivity (Wildman–Crippen MR) is 75.3 cm³/mol. The number of hydrogen-bond acceptors (Lipinski definition) is 5. The van der Waals surface area contributed by atoms with Crippen molar-refractivity contribution in [1.82, 2.24) is 4.98 Å². The molecule has 0 fully saturated rings. The molecule has 3 N–H and O–H groups in total. The maximum Gasteiger partial charge on any atom is 0.341 e. The number of rotatable bonds is 3. The van der Waals surface area contributed by atoms with Crippen molar-refractivity contribution in [3.05, 3.63) is 34.5 Å². The Bertz CT molecular complexity index is 643. The fourth-order valence-electron chi connectivity index (χ4n) is 1.84. The number of pyridine rings is 1. The first kappa shape index (κ1) is 13.6. The van der Waals surface area contributed by atoms with Crippen LogP contribution in [0.2, 0.25) is 5.02 Å². The van der Waals surface area contributed by atoms with E-state index in [4.69, 9.17) is 22.2 Å². The topological polar surface area (TPSA) is 77.2 Å². The zero-order valence-electron chi connectivity index (χ0n) is 10.7. The van der Waals surface area contributed by atoms with Gasteiger partial charge in [0.25, 0.3) is 0 Å². The van der Waals surface area contributed by atoms with Crippen molar-refractivity contribution in [1.29, 1.82) is 0 Å². The van der Waals surface area contributed by atoms with Gasteiger partial charge < -0.3 is 10.2 Å². The van der Waals surface area contributed by atoms with E-state index in [1.807, 2.05) is 13.0 Å². The number of fused-ring (bicyclic) bond motifs is 1. The number of esters is 1. The van der Waals surface area contributed by atoms with E-state index in [0.29, 0.717) is 28.4 Å². The molecule has 1 aromatic carbocycles. The number of nitrogens with one attached hydrogen (secondary N) is 1. The molecule has 0 atom stereocenters. The summed E-state index contributed by atoms with van der Waals surface area (Å²) < 4.78 is 4.97. The van der Waals surface area contributed by atoms with Crippen molar-refractivity contribution in [2.45, 2.75) is 13.8 Å². The second kappa shape index (κ2) is 5.42. The predicted octanol–water partition coefficient (Wildman–Crippen LogP) is 2.66. The fourth-order valence-corrected chi connectivity index (χ4v) is 2.00. The maximum atomic E-state index is 11.8. The van der Waals surface area contributed by atoms with Crippen molar-refractivity contribution < 1.29 is 9.53 Å². The van der Waals surface area contributed by atoms with Gasteiger partial charge in [-0.25, -0.2) is 4.79 Å². The Morgan fingerprint density at radius 2 is 2.26 bits per heavy atom. The number of nitrogens with two attached hydrogens (primary N) is 1. The van der Waals surface area contributed by atoms with Crippen molar-refractivity contribution in [2.24, 2.45) is 5.84 Å². The second-order valence-electron chi connectivity index (χ2n) is 4.03. The Labute approximate surface area is 115 Å². The van der Waals surface area contributed by atoms with E-state index < -0.39 is 5.97 Å². The molecule has 100 valence electrons. The van der Waals surface area contributed by atoms with Gasteiger partial charge in [0.2, 0.25) is 0 Å². The van der Waals surface area contributed by atoms with Crippen LogP contribution in [0.25, 0.3) is 10.9 Å². The first-order valence-corrected chi connectivity index (χ1v) is 6.18. The van der Waals surface area contributed by atoms with Crippen LogP contribution in [-0.4, -0.2) is 17.6 Å². The first-order valence-electron chi connectivity index (χ1n) is 5.81. The zero-order valence-corrected chi connectivity index (χ0v) is 11.4. The van der Waals surface area contributed by atoms with Crippen LogP contribution in [0, 0.1) is 6.92 Å². The quantitative estimate of drug-likeness (QED) is 0.513. The number of nitrogens with zero attached hydrogens (tertiary/aromatic N) is 1. The Kier molecular flexibility index (Phi) is 3.87. The minimum absolute atomic E-state index is 0.292. The number of carbonyl (C=O) groups is 1. The molecule has 1 aromatic heterocycles. The minimum Gasteiger partial charge on any atom is -0.462 e. The van der Waals surface area contributed by atoms with Crippen molar-refractivity contribution in [2.75, 3.05) is 12.0 Å². The molecule has 0 aliphatic rings. The lowest BCUT2D eigenvalue weighted by Gasteiger charge is -2.12. The Hall–Kier alpha value is -1.85. The third-order valence-corrected chi connectivity index (χ3v) is 3.20. The standard InChI is InChI=1S/C13H14ClN3O2/c1-3-19-13(18)9-6-16-11-5-10(14)7(2)4-8(11)12(9)17-15/h4-6H,3,15H2,1-2H3,(H,16,17). The number of anilines is 1. The number of ether oxygens (including phenoxy) is 1. The Balaban J connectivity index is 2.68. The summed E-state index contributed by atoms with van der Waals surface area (Å²) in [5.41, 5.74) is 4.88. The minimum atomic E-state index is -0.461. The van der Waals surface area contributed by atoms with Crippen molar-refractivity contribution in [3.8, 4) is 0 Å². The molecule has 0 aliphatic carbocycles. The molecule has 0 unspecified atom stereocenters. The molecule has 0 bridgehead atoms. The molecule has 0 radical (unpaired) electrons. The van der Waals surface area contributed by atoms with Crippen LogP contribution in [0.3, 0.4) is 0 Å². The smallest absolute Gasteiger partial charge is 0.341 e. The second-order valence-corrected chi connectivity index (χ2v) is 4.44. The van der Waals surface area contributed by atoms with E-state index in [-0.39, 0.29) is 0 Å². The van der Waals surface area contributed by atoms with Crippen LogP contribution >= 0.6 is 11.6 Å². The van der Waals surface area contributed by atoms with Gasteiger partial charge in [0, 0.05) is 16.6 Å². The van der Waals surface area contributed by atoms with Gasteiger partial charge in [0.15, 0.2) is 0 Å². The molecular formula is C13H14ClN3O2. The number of benzene rings is 1. The number of nitrogen functional groups attached to an aromatic ring is 1. The number of hydrazine groups is 1. The molecule has 0 saturated heterocycles. The zero-order chi connectivity index (χ0) is 14.0. The SMILES string of the molecule is CCOC(=O)c1cnc2cc(Cl)c(C)cc2c1NN. The monoisotopic (exact) mass is 279 g/mol. The largest absolute Gasteiger partial charge is 0.462 e. The molecule has 6 heteroatoms. The first-order chi connectivity index (χ1) is 9.08. The highest BCUT2D eigenvalue weighted by Crippen LogP contribution is 2.30. The van der Waals surface area contributed by atoms with Gasteiger partial charge in [0.05, 0.1) is 17.8 Å². The van der Waals surface area contributed by atoms with E-state index in [0.717, 1.165) is 10.9 Å². The molecule has 0 spiro atoms. The average Bonchev–Trinajstić information content (AvgIpc) is 2.39. The van der Waals surface area contributed by atoms with Gasteiger partial charge in [-0.05, 0) is 31.5 Å². The molecule has 2 aromatic rings. The third kappa shape index (κ3) is 2.47. The number of hydrogen-bond donors (Lipinski definition) is 2. The number of halogens is 1. The molecule has 1 heterocycles. The lowest BCUT2D eigenvalue weighted by Crippen LogP contribution is -2.15. The van der Waals surface area contributed by atoms with Crippen LogP contribution in [0.1, 0.15) is 22.8 Å². The summed E-state index contributed by atoms with van der Waals surface area (Å²) in [5, 5.41) is 1.35. The molecule has 0 amide bonds. The number of carbonyl (C=O) groups excluding carboxylic acids is 1. The summed E-state index contributed by atoms with van der Waals surface area (Å²) in [6, 6.07) is 3.57. The highest BCUT2D eigenvalue weighted by atomic mass is 35.5. The van der Waals surface area contributed by atoms with Crippen molar-refractivity contribution >= 4 is 34.2 Å². The van der Waals surface area contributed by atoms with Crippen LogP contribution in [-0.2, 0) is 4.74 Å². The van der Waals surface area contributed by atoms with Crippen molar-refractivity contribution in [3.63, 3.8) is 0 Å². The van der Waals surface area contributed by atoms with Crippen LogP contribution in [0.4, 0.5) is 5.69 Å². The van der Waals surface area contributed by atoms with Gasteiger partial charge in [-0.15, -0.1) is 0 Å². The van der Waals surface area contributed by atoms with Gasteiger partial charge in [0.1, 0.15) is 5.56 Å². The van der Waals surface area contributed by atoms with E-state index in [2.05, 4.69) is 10.4 Å². The Morgan fingerprint density at radius 3 is 2.89 bits per heavy atom. The summed E-state index contributed by atoms with van der Waals surface area (Å²) in [5.74, 6) is 5.06. The summed E-state index contributed by atoms with van der Waals surface area (Å²) in [6.07, 6.45) is 1.43. The van der Waals surface area contributed by atoms with Gasteiger partial charge in [-0.3, -0.25) is 10.8 Å². The normalized spacial score (nSPS) is 10.5. The third-order valence-electron chi connectivity index (χ3n) is 2.79. The van der Waals surface area contributed by atoms with Crippen LogP contribution in [0.5, 0.6) is 0 Å². The molecule has 19 heavy (non-hydrogen) atoms. The molecular weight excluding hydrogens is 266 g/mol. The summed E-state index contributed by atoms with van der Waals surface area (Å²) in [4.78, 5) is 16.1. The maximum absolute atomic E-state index is 11.8. The number of aromatic nitrogens is 1. The highest BCUT2D eigenvalue weighted by molar-refractivity contribution is 6.32. The van der Waals surface area contributed by atoms with Crippen LogP contribution < -0.4 is 11.3 Å². The molecule has 2 rings (SSSR count). The summed E-state index contributed by atoms with van der Waals surface area (Å²) in [6.45, 7) is 3.91. The van der Waals surface area contributed by atoms with Gasteiger partial charge >= 0.3 is 5.97 Å². The fraction of sp³-hybridized carbons (Fsp3) is 0.231. The lowest BCUT2D eigenvalue weighted by molar-refractivity contribution is 0.0527. The van der Waals surface area contributed by atoms with E-state index in [9.17, 15) is 4.79 Å². The van der Waals surface area contributed by atoms with E-state index in [1.165, 1.54) is 6.20 Å². The van der Waals surface area contributed by atoms with E-state index >= 15 is 0 Å². The number of aryl methyl sites for hydroxylation is 1. The van der Waals surface area contributed by atoms with Crippen LogP contribution in [0.15, 0.2) is 18.3 Å². The molecule has 5 nitrogen and oxygen atoms in total. The molecule has 0 saturated carbocycles. The molecule has 0 aliphatic heterocycles.